The van der Waals surface area contributed by atoms with Gasteiger partial charge < -0.3 is 10.7 Å². The van der Waals surface area contributed by atoms with Gasteiger partial charge in [0.05, 0.1) is 18.9 Å². The molecule has 0 unspecified atom stereocenters. The molecule has 0 saturated heterocycles. The smallest absolute Gasteiger partial charge is 0.225 e. The Hall–Kier alpha value is -1.65. The predicted octanol–water partition coefficient (Wildman–Crippen LogP) is -0.532. The highest BCUT2D eigenvalue weighted by Crippen LogP contribution is 1.95. The maximum absolute atomic E-state index is 10.9. The van der Waals surface area contributed by atoms with E-state index in [1.165, 1.54) is 12.5 Å². The van der Waals surface area contributed by atoms with E-state index in [0.717, 1.165) is 0 Å². The van der Waals surface area contributed by atoms with Crippen LogP contribution < -0.4 is 5.73 Å². The van der Waals surface area contributed by atoms with Gasteiger partial charge in [-0.3, -0.25) is 9.59 Å². The normalized spacial score (nSPS) is 9.45. The summed E-state index contributed by atoms with van der Waals surface area (Å²) >= 11 is 0. The van der Waals surface area contributed by atoms with Crippen LogP contribution in [0.2, 0.25) is 0 Å². The lowest BCUT2D eigenvalue weighted by molar-refractivity contribution is -0.117. The first kappa shape index (κ1) is 7.46. The number of aromatic nitrogens is 2. The Labute approximate surface area is 62.6 Å². The average Bonchev–Trinajstić information content (AvgIpc) is 2.35. The van der Waals surface area contributed by atoms with Crippen molar-refractivity contribution in [3.05, 3.63) is 18.2 Å². The van der Waals surface area contributed by atoms with Gasteiger partial charge in [-0.05, 0) is 0 Å². The summed E-state index contributed by atoms with van der Waals surface area (Å²) in [5, 5.41) is 0. The second kappa shape index (κ2) is 2.96. The van der Waals surface area contributed by atoms with Crippen LogP contribution in [0, 0.1) is 0 Å². The molecule has 58 valence electrons. The first-order chi connectivity index (χ1) is 5.20. The Bertz CT molecular complexity index is 265. The number of H-pyrrole nitrogens is 1. The van der Waals surface area contributed by atoms with Crippen molar-refractivity contribution in [2.45, 2.75) is 6.42 Å². The topological polar surface area (TPSA) is 88.8 Å². The number of carbonyl (C=O) groups excluding carboxylic acids is 2. The summed E-state index contributed by atoms with van der Waals surface area (Å²) in [6.45, 7) is 0. The maximum atomic E-state index is 10.9. The lowest BCUT2D eigenvalue weighted by Gasteiger charge is -1.90. The number of ketones is 1. The lowest BCUT2D eigenvalue weighted by Crippen LogP contribution is -2.16. The molecule has 0 fully saturated rings. The summed E-state index contributed by atoms with van der Waals surface area (Å²) in [5.74, 6) is -0.973. The second-order valence-electron chi connectivity index (χ2n) is 2.03. The minimum absolute atomic E-state index is 0.276. The van der Waals surface area contributed by atoms with Gasteiger partial charge in [0.25, 0.3) is 0 Å². The molecule has 11 heavy (non-hydrogen) atoms. The Balaban J connectivity index is 2.64. The number of nitrogens with zero attached hydrogens (tertiary/aromatic N) is 1. The van der Waals surface area contributed by atoms with E-state index in [4.69, 9.17) is 5.73 Å². The minimum Gasteiger partial charge on any atom is -0.369 e. The molecule has 1 rings (SSSR count). The molecule has 0 aliphatic carbocycles. The SMILES string of the molecule is NC(=O)CC(=O)c1cnc[nH]1. The van der Waals surface area contributed by atoms with Crippen molar-refractivity contribution < 1.29 is 9.59 Å². The predicted molar refractivity (Wildman–Crippen MR) is 36.7 cm³/mol. The van der Waals surface area contributed by atoms with Crippen molar-refractivity contribution >= 4 is 11.7 Å². The minimum atomic E-state index is -0.635. The number of aromatic amines is 1. The monoisotopic (exact) mass is 153 g/mol. The van der Waals surface area contributed by atoms with Crippen LogP contribution in [0.25, 0.3) is 0 Å². The largest absolute Gasteiger partial charge is 0.369 e. The number of nitrogens with one attached hydrogen (secondary N) is 1. The molecule has 0 atom stereocenters. The highest BCUT2D eigenvalue weighted by Gasteiger charge is 2.09. The fraction of sp³-hybridized carbons (Fsp3) is 0.167. The van der Waals surface area contributed by atoms with Crippen LogP contribution in [0.3, 0.4) is 0 Å². The zero-order valence-corrected chi connectivity index (χ0v) is 5.70. The summed E-state index contributed by atoms with van der Waals surface area (Å²) in [6.07, 6.45) is 2.45. The molecular weight excluding hydrogens is 146 g/mol. The van der Waals surface area contributed by atoms with Crippen molar-refractivity contribution in [2.75, 3.05) is 0 Å². The van der Waals surface area contributed by atoms with Crippen LogP contribution in [-0.4, -0.2) is 21.7 Å². The Morgan fingerprint density at radius 3 is 2.82 bits per heavy atom. The number of imidazole rings is 1. The molecule has 0 aliphatic heterocycles. The van der Waals surface area contributed by atoms with E-state index in [1.807, 2.05) is 0 Å². The average molecular weight is 153 g/mol. The fourth-order valence-electron chi connectivity index (χ4n) is 0.662. The molecule has 1 aromatic rings. The first-order valence-corrected chi connectivity index (χ1v) is 3.00. The third kappa shape index (κ3) is 1.89. The quantitative estimate of drug-likeness (QED) is 0.451. The summed E-state index contributed by atoms with van der Waals surface area (Å²) in [4.78, 5) is 27.4. The Morgan fingerprint density at radius 2 is 2.36 bits per heavy atom. The zero-order chi connectivity index (χ0) is 8.27. The van der Waals surface area contributed by atoms with Crippen LogP contribution in [0.4, 0.5) is 0 Å². The number of hydrogen-bond donors (Lipinski definition) is 2. The number of rotatable bonds is 3. The lowest BCUT2D eigenvalue weighted by atomic mass is 10.2. The van der Waals surface area contributed by atoms with E-state index >= 15 is 0 Å². The molecule has 3 N–H and O–H groups in total. The molecule has 0 aliphatic rings. The van der Waals surface area contributed by atoms with Crippen molar-refractivity contribution in [3.63, 3.8) is 0 Å². The van der Waals surface area contributed by atoms with Gasteiger partial charge in [-0.2, -0.15) is 0 Å². The Kier molecular flexibility index (Phi) is 2.00. The summed E-state index contributed by atoms with van der Waals surface area (Å²) in [6, 6.07) is 0. The van der Waals surface area contributed by atoms with Crippen LogP contribution >= 0.6 is 0 Å². The standard InChI is InChI=1S/C6H7N3O2/c7-6(11)1-5(10)4-2-8-3-9-4/h2-3H,1H2,(H2,7,11)(H,8,9). The number of primary amides is 1. The van der Waals surface area contributed by atoms with E-state index < -0.39 is 5.91 Å². The number of Topliss-reactive ketones (excluding diaryl/α,β-unsaturated/α-hetero) is 1. The van der Waals surface area contributed by atoms with Gasteiger partial charge in [0, 0.05) is 0 Å². The van der Waals surface area contributed by atoms with Gasteiger partial charge in [0.15, 0.2) is 5.78 Å². The molecule has 5 heteroatoms. The van der Waals surface area contributed by atoms with Crippen LogP contribution in [0.1, 0.15) is 16.9 Å². The third-order valence-electron chi connectivity index (χ3n) is 1.13. The van der Waals surface area contributed by atoms with Gasteiger partial charge in [-0.15, -0.1) is 0 Å². The van der Waals surface area contributed by atoms with Crippen molar-refractivity contribution in [3.8, 4) is 0 Å². The number of nitrogens with two attached hydrogens (primary N) is 1. The van der Waals surface area contributed by atoms with Gasteiger partial charge in [0.1, 0.15) is 5.69 Å². The van der Waals surface area contributed by atoms with Gasteiger partial charge >= 0.3 is 0 Å². The zero-order valence-electron chi connectivity index (χ0n) is 5.70. The van der Waals surface area contributed by atoms with Gasteiger partial charge in [-0.25, -0.2) is 4.98 Å². The fourth-order valence-corrected chi connectivity index (χ4v) is 0.662. The number of hydrogen-bond acceptors (Lipinski definition) is 3. The molecule has 1 aromatic heterocycles. The van der Waals surface area contributed by atoms with Gasteiger partial charge in [0.2, 0.25) is 5.91 Å². The summed E-state index contributed by atoms with van der Waals surface area (Å²) in [7, 11) is 0. The molecule has 1 heterocycles. The van der Waals surface area contributed by atoms with E-state index in [0.29, 0.717) is 5.69 Å². The molecule has 5 nitrogen and oxygen atoms in total. The molecule has 0 radical (unpaired) electrons. The molecule has 1 amide bonds. The summed E-state index contributed by atoms with van der Waals surface area (Å²) < 4.78 is 0. The van der Waals surface area contributed by atoms with Crippen LogP contribution in [0.15, 0.2) is 12.5 Å². The maximum Gasteiger partial charge on any atom is 0.225 e. The Morgan fingerprint density at radius 1 is 1.64 bits per heavy atom. The molecule has 0 spiro atoms. The molecule has 0 saturated carbocycles. The summed E-state index contributed by atoms with van der Waals surface area (Å²) in [5.41, 5.74) is 5.11. The van der Waals surface area contributed by atoms with Crippen LogP contribution in [-0.2, 0) is 4.79 Å². The van der Waals surface area contributed by atoms with Crippen molar-refractivity contribution in [2.24, 2.45) is 5.73 Å². The first-order valence-electron chi connectivity index (χ1n) is 3.00. The van der Waals surface area contributed by atoms with E-state index in [-0.39, 0.29) is 12.2 Å². The molecule has 0 bridgehead atoms. The van der Waals surface area contributed by atoms with Gasteiger partial charge in [-0.1, -0.05) is 0 Å². The van der Waals surface area contributed by atoms with E-state index in [1.54, 1.807) is 0 Å². The van der Waals surface area contributed by atoms with Crippen molar-refractivity contribution in [1.82, 2.24) is 9.97 Å². The van der Waals surface area contributed by atoms with E-state index in [9.17, 15) is 9.59 Å². The highest BCUT2D eigenvalue weighted by molar-refractivity contribution is 6.05. The number of carbonyl (C=O) groups is 2. The van der Waals surface area contributed by atoms with E-state index in [2.05, 4.69) is 9.97 Å². The van der Waals surface area contributed by atoms with Crippen LogP contribution in [0.5, 0.6) is 0 Å². The number of amides is 1. The third-order valence-corrected chi connectivity index (χ3v) is 1.13. The highest BCUT2D eigenvalue weighted by atomic mass is 16.2. The van der Waals surface area contributed by atoms with Crippen molar-refractivity contribution in [1.29, 1.82) is 0 Å². The molecule has 0 aromatic carbocycles. The molecular formula is C6H7N3O2. The second-order valence-corrected chi connectivity index (χ2v) is 2.03.